The molecule has 0 bridgehead atoms. The van der Waals surface area contributed by atoms with Crippen molar-refractivity contribution in [2.45, 2.75) is 65.1 Å². The summed E-state index contributed by atoms with van der Waals surface area (Å²) in [7, 11) is -1.72. The minimum Gasteiger partial charge on any atom is -0.458 e. The molecule has 3 aromatic heterocycles. The molecule has 0 unspecified atom stereocenters. The average Bonchev–Trinajstić information content (AvgIpc) is 3.95. The Kier molecular flexibility index (Phi) is 8.02. The van der Waals surface area contributed by atoms with Crippen molar-refractivity contribution in [3.05, 3.63) is 194 Å². The lowest BCUT2D eigenvalue weighted by Crippen LogP contribution is -2.45. The first-order chi connectivity index (χ1) is 35.3. The Labute approximate surface area is 392 Å². The van der Waals surface area contributed by atoms with E-state index in [1.807, 2.05) is 65.4 Å². The van der Waals surface area contributed by atoms with Gasteiger partial charge in [0.15, 0.2) is 0 Å². The van der Waals surface area contributed by atoms with Gasteiger partial charge in [-0.05, 0) is 81.8 Å². The van der Waals surface area contributed by atoms with Gasteiger partial charge in [0.05, 0.1) is 55.2 Å². The fourth-order valence-electron chi connectivity index (χ4n) is 9.21. The number of aromatic nitrogens is 4. The molecule has 64 heavy (non-hydrogen) atoms. The maximum atomic E-state index is 9.05. The lowest BCUT2D eigenvalue weighted by molar-refractivity contribution is -0.571. The summed E-state index contributed by atoms with van der Waals surface area (Å²) >= 11 is 0. The summed E-state index contributed by atoms with van der Waals surface area (Å²) in [5.41, 5.74) is 5.24. The maximum absolute atomic E-state index is 9.05. The largest absolute Gasteiger partial charge is 0.458 e. The molecule has 0 aliphatic carbocycles. The Bertz CT molecular complexity index is 3760. The Morgan fingerprint density at radius 2 is 1.31 bits per heavy atom. The molecule has 0 amide bonds. The molecule has 0 fully saturated rings. The van der Waals surface area contributed by atoms with E-state index in [-0.39, 0.29) is 33.4 Å². The van der Waals surface area contributed by atoms with Crippen LogP contribution >= 0.6 is 0 Å². The molecule has 10 aromatic rings. The number of hydrogen-bond donors (Lipinski definition) is 0. The van der Waals surface area contributed by atoms with E-state index >= 15 is 0 Å². The molecule has 0 saturated carbocycles. The van der Waals surface area contributed by atoms with Crippen LogP contribution in [0.2, 0.25) is 18.1 Å². The van der Waals surface area contributed by atoms with E-state index in [4.69, 9.17) is 23.4 Å². The molecule has 5 nitrogen and oxygen atoms in total. The minimum absolute atomic E-state index is 0.0976. The summed E-state index contributed by atoms with van der Waals surface area (Å²) < 4.78 is 99.7. The summed E-state index contributed by atoms with van der Waals surface area (Å²) in [6.45, 7) is 13.6. The normalized spacial score (nSPS) is 14.3. The van der Waals surface area contributed by atoms with E-state index in [9.17, 15) is 0 Å². The molecule has 0 radical (unpaired) electrons. The Morgan fingerprint density at radius 1 is 0.641 bits per heavy atom. The van der Waals surface area contributed by atoms with Crippen LogP contribution in [0.15, 0.2) is 182 Å². The third-order valence-corrected chi connectivity index (χ3v) is 18.5. The zero-order chi connectivity index (χ0) is 52.7. The average molecular weight is 861 g/mol. The highest BCUT2D eigenvalue weighted by Gasteiger charge is 2.30. The number of hydrogen-bond acceptors (Lipinski definition) is 2. The standard InChI is InChI=1S/C58H54N4OSi/c1-7-64(8-2,9-3)47-31-33-52-51(39-47)50-32-30-46(38-55(50)62(52)56-36-43(34-35-59-56)58(4,5)6)63-45-25-18-24-44(37-45)60-40-61(54-29-17-16-28-53(54)60)57-48(41-20-12-10-13-21-41)26-19-27-49(57)42-22-14-11-15-23-42/h10-39H,7-9H2,1-6H3/i10D,11D,12D,13D,14D,15D,20D,21D,22D,23D. The molecule has 3 heterocycles. The Balaban J connectivity index is 1.15. The Morgan fingerprint density at radius 3 is 2.00 bits per heavy atom. The highest BCUT2D eigenvalue weighted by atomic mass is 28.3. The first kappa shape index (κ1) is 30.9. The highest BCUT2D eigenvalue weighted by Crippen LogP contribution is 2.38. The topological polar surface area (TPSA) is 35.9 Å². The van der Waals surface area contributed by atoms with Crippen LogP contribution in [-0.2, 0) is 5.41 Å². The van der Waals surface area contributed by atoms with Crippen LogP contribution in [0.5, 0.6) is 11.5 Å². The van der Waals surface area contributed by atoms with Gasteiger partial charge in [-0.2, -0.15) is 0 Å². The van der Waals surface area contributed by atoms with Crippen LogP contribution in [0.1, 0.15) is 60.8 Å². The molecule has 7 aromatic carbocycles. The molecule has 10 rings (SSSR count). The van der Waals surface area contributed by atoms with Crippen LogP contribution in [-0.4, -0.2) is 22.2 Å². The zero-order valence-corrected chi connectivity index (χ0v) is 37.9. The second-order valence-corrected chi connectivity index (χ2v) is 22.6. The van der Waals surface area contributed by atoms with Crippen molar-refractivity contribution in [3.8, 4) is 50.9 Å². The molecule has 0 N–H and O–H groups in total. The van der Waals surface area contributed by atoms with Gasteiger partial charge in [0.2, 0.25) is 0 Å². The molecule has 316 valence electrons. The number of pyridine rings is 1. The second-order valence-electron chi connectivity index (χ2n) is 17.3. The van der Waals surface area contributed by atoms with Gasteiger partial charge in [-0.1, -0.05) is 186 Å². The number of imidazole rings is 1. The van der Waals surface area contributed by atoms with E-state index < -0.39 is 68.5 Å². The zero-order valence-electron chi connectivity index (χ0n) is 46.9. The predicted octanol–water partition coefficient (Wildman–Crippen LogP) is 14.3. The number of fused-ring (bicyclic) bond motifs is 4. The van der Waals surface area contributed by atoms with Gasteiger partial charge >= 0.3 is 0 Å². The van der Waals surface area contributed by atoms with Crippen molar-refractivity contribution in [1.82, 2.24) is 14.1 Å². The second kappa shape index (κ2) is 16.6. The van der Waals surface area contributed by atoms with Crippen molar-refractivity contribution in [2.75, 3.05) is 0 Å². The van der Waals surface area contributed by atoms with Gasteiger partial charge in [-0.25, -0.2) is 4.98 Å². The summed E-state index contributed by atoms with van der Waals surface area (Å²) in [4.78, 5) is 4.94. The molecule has 6 heteroatoms. The molecular formula is C58H54N4OSi. The SMILES string of the molecule is [2H]c1c([2H])c([2H])c(-c2cccc(-c3c([2H])c([2H])c([2H])c([2H])c3[2H])c2-[n+]2[c-]n(-c3cccc(Oc4ccc5c6cc([Si](CC)(CC)CC)ccc6n(-c6cc(C(C)(C)C)ccn6)c5c4)c3)c3ccccc32)c([2H])c1[2H]. The van der Waals surface area contributed by atoms with Crippen molar-refractivity contribution in [1.29, 1.82) is 0 Å². The van der Waals surface area contributed by atoms with Crippen LogP contribution in [0, 0.1) is 6.33 Å². The molecule has 0 saturated heterocycles. The number of ether oxygens (including phenoxy) is 1. The lowest BCUT2D eigenvalue weighted by Gasteiger charge is -2.28. The van der Waals surface area contributed by atoms with Crippen LogP contribution < -0.4 is 14.5 Å². The van der Waals surface area contributed by atoms with Gasteiger partial charge in [0.25, 0.3) is 6.33 Å². The van der Waals surface area contributed by atoms with E-state index in [0.717, 1.165) is 22.2 Å². The Hall–Kier alpha value is -7.02. The van der Waals surface area contributed by atoms with Gasteiger partial charge in [-0.3, -0.25) is 13.7 Å². The number of rotatable bonds is 11. The fraction of sp³-hybridized carbons (Fsp3) is 0.172. The molecule has 0 aliphatic heterocycles. The molecular weight excluding hydrogens is 797 g/mol. The predicted molar refractivity (Wildman–Crippen MR) is 269 cm³/mol. The van der Waals surface area contributed by atoms with Crippen molar-refractivity contribution in [3.63, 3.8) is 0 Å². The number of nitrogens with zero attached hydrogens (tertiary/aromatic N) is 4. The molecule has 0 atom stereocenters. The van der Waals surface area contributed by atoms with Gasteiger partial charge < -0.3 is 4.74 Å². The highest BCUT2D eigenvalue weighted by molar-refractivity contribution is 6.91. The minimum atomic E-state index is -1.72. The third-order valence-electron chi connectivity index (χ3n) is 12.9. The van der Waals surface area contributed by atoms with E-state index in [1.54, 1.807) is 22.8 Å². The fourth-order valence-corrected chi connectivity index (χ4v) is 12.8. The quantitative estimate of drug-likeness (QED) is 0.0738. The van der Waals surface area contributed by atoms with E-state index in [1.165, 1.54) is 34.3 Å². The van der Waals surface area contributed by atoms with E-state index in [0.29, 0.717) is 28.2 Å². The van der Waals surface area contributed by atoms with Gasteiger partial charge in [0, 0.05) is 23.0 Å². The first-order valence-electron chi connectivity index (χ1n) is 26.9. The number of benzene rings is 7. The number of para-hydroxylation sites is 3. The summed E-state index contributed by atoms with van der Waals surface area (Å²) in [5, 5.41) is 3.73. The molecule has 0 aliphatic rings. The van der Waals surface area contributed by atoms with Crippen LogP contribution in [0.25, 0.3) is 72.3 Å². The van der Waals surface area contributed by atoms with E-state index in [2.05, 4.69) is 94.9 Å². The lowest BCUT2D eigenvalue weighted by atomic mass is 9.88. The third kappa shape index (κ3) is 7.22. The van der Waals surface area contributed by atoms with Gasteiger partial charge in [-0.15, -0.1) is 0 Å². The summed E-state index contributed by atoms with van der Waals surface area (Å²) in [6.07, 6.45) is 5.35. The van der Waals surface area contributed by atoms with Gasteiger partial charge in [0.1, 0.15) is 17.3 Å². The maximum Gasteiger partial charge on any atom is 0.269 e. The first-order valence-corrected chi connectivity index (χ1v) is 24.5. The van der Waals surface area contributed by atoms with Crippen LogP contribution in [0.4, 0.5) is 0 Å². The smallest absolute Gasteiger partial charge is 0.269 e. The summed E-state index contributed by atoms with van der Waals surface area (Å²) in [5.74, 6) is 1.96. The summed E-state index contributed by atoms with van der Waals surface area (Å²) in [6, 6.07) is 35.6. The van der Waals surface area contributed by atoms with Crippen molar-refractivity contribution >= 4 is 46.1 Å². The monoisotopic (exact) mass is 860 g/mol. The van der Waals surface area contributed by atoms with Crippen LogP contribution in [0.3, 0.4) is 0 Å². The van der Waals surface area contributed by atoms with Crippen molar-refractivity contribution < 1.29 is 23.0 Å². The molecule has 0 spiro atoms. The van der Waals surface area contributed by atoms with Crippen molar-refractivity contribution in [2.24, 2.45) is 0 Å².